The number of ketones is 1. The quantitative estimate of drug-likeness (QED) is 0.216. The second kappa shape index (κ2) is 10.5. The molecule has 0 spiro atoms. The van der Waals surface area contributed by atoms with Crippen LogP contribution in [0.4, 0.5) is 0 Å². The number of rotatable bonds is 6. The van der Waals surface area contributed by atoms with E-state index in [0.717, 1.165) is 16.7 Å². The summed E-state index contributed by atoms with van der Waals surface area (Å²) in [5, 5.41) is 0. The molecule has 0 bridgehead atoms. The number of aryl methyl sites for hydroxylation is 1. The van der Waals surface area contributed by atoms with E-state index < -0.39 is 11.9 Å². The third-order valence-electron chi connectivity index (χ3n) is 5.91. The van der Waals surface area contributed by atoms with Crippen molar-refractivity contribution in [2.75, 3.05) is 6.61 Å². The fourth-order valence-corrected chi connectivity index (χ4v) is 3.47. The zero-order chi connectivity index (χ0) is 26.7. The van der Waals surface area contributed by atoms with Crippen molar-refractivity contribution >= 4 is 17.7 Å². The molecule has 0 saturated heterocycles. The number of Topliss-reactive ketones (excluding diaryl/α,β-unsaturated/α-hetero) is 1. The zero-order valence-corrected chi connectivity index (χ0v) is 22.1. The second-order valence-corrected chi connectivity index (χ2v) is 11.1. The third kappa shape index (κ3) is 6.91. The van der Waals surface area contributed by atoms with Crippen LogP contribution in [-0.2, 0) is 15.6 Å². The molecule has 0 atom stereocenters. The molecule has 0 radical (unpaired) electrons. The SMILES string of the molecule is Cc1ccc(C(=O)Oc2ccc(C(=O)COC(=O)c3cc(C(C)(C)C)cc(C(C)(C)C)c3)cc2)cc1. The van der Waals surface area contributed by atoms with E-state index >= 15 is 0 Å². The van der Waals surface area contributed by atoms with Crippen LogP contribution >= 0.6 is 0 Å². The topological polar surface area (TPSA) is 69.7 Å². The summed E-state index contributed by atoms with van der Waals surface area (Å²) in [6.07, 6.45) is 0. The molecule has 5 nitrogen and oxygen atoms in total. The molecule has 0 saturated carbocycles. The smallest absolute Gasteiger partial charge is 0.343 e. The number of benzene rings is 3. The van der Waals surface area contributed by atoms with Gasteiger partial charge in [-0.1, -0.05) is 65.3 Å². The summed E-state index contributed by atoms with van der Waals surface area (Å²) in [6.45, 7) is 14.1. The first-order valence-corrected chi connectivity index (χ1v) is 12.0. The van der Waals surface area contributed by atoms with Gasteiger partial charge in [0.15, 0.2) is 12.4 Å². The lowest BCUT2D eigenvalue weighted by Gasteiger charge is -2.25. The molecule has 3 aromatic carbocycles. The first kappa shape index (κ1) is 26.9. The van der Waals surface area contributed by atoms with E-state index in [4.69, 9.17) is 9.47 Å². The lowest BCUT2D eigenvalue weighted by atomic mass is 9.79. The predicted octanol–water partition coefficient (Wildman–Crippen LogP) is 6.85. The van der Waals surface area contributed by atoms with Crippen LogP contribution in [0, 0.1) is 6.92 Å². The van der Waals surface area contributed by atoms with Gasteiger partial charge in [0.25, 0.3) is 0 Å². The van der Waals surface area contributed by atoms with Gasteiger partial charge in [0, 0.05) is 5.56 Å². The van der Waals surface area contributed by atoms with Gasteiger partial charge in [-0.25, -0.2) is 9.59 Å². The van der Waals surface area contributed by atoms with Crippen molar-refractivity contribution in [1.82, 2.24) is 0 Å². The van der Waals surface area contributed by atoms with Gasteiger partial charge in [0.1, 0.15) is 5.75 Å². The maximum Gasteiger partial charge on any atom is 0.343 e. The molecule has 0 unspecified atom stereocenters. The summed E-state index contributed by atoms with van der Waals surface area (Å²) in [5.41, 5.74) is 4.06. The van der Waals surface area contributed by atoms with Crippen molar-refractivity contribution in [2.45, 2.75) is 59.3 Å². The van der Waals surface area contributed by atoms with Crippen molar-refractivity contribution in [3.8, 4) is 5.75 Å². The Balaban J connectivity index is 1.65. The van der Waals surface area contributed by atoms with Crippen molar-refractivity contribution in [3.05, 3.63) is 100 Å². The minimum atomic E-state index is -0.538. The Kier molecular flexibility index (Phi) is 7.83. The van der Waals surface area contributed by atoms with Gasteiger partial charge in [-0.3, -0.25) is 4.79 Å². The average molecular weight is 487 g/mol. The number of carbonyl (C=O) groups excluding carboxylic acids is 3. The molecule has 0 N–H and O–H groups in total. The minimum Gasteiger partial charge on any atom is -0.454 e. The highest BCUT2D eigenvalue weighted by Gasteiger charge is 2.23. The summed E-state index contributed by atoms with van der Waals surface area (Å²) in [7, 11) is 0. The van der Waals surface area contributed by atoms with Gasteiger partial charge in [-0.05, 0) is 77.4 Å². The van der Waals surface area contributed by atoms with Gasteiger partial charge >= 0.3 is 11.9 Å². The Morgan fingerprint density at radius 1 is 0.639 bits per heavy atom. The molecular formula is C31H34O5. The molecular weight excluding hydrogens is 452 g/mol. The lowest BCUT2D eigenvalue weighted by molar-refractivity contribution is 0.0474. The lowest BCUT2D eigenvalue weighted by Crippen LogP contribution is -2.20. The van der Waals surface area contributed by atoms with Gasteiger partial charge < -0.3 is 9.47 Å². The highest BCUT2D eigenvalue weighted by molar-refractivity contribution is 5.99. The Bertz CT molecular complexity index is 1220. The highest BCUT2D eigenvalue weighted by atomic mass is 16.5. The number of hydrogen-bond acceptors (Lipinski definition) is 5. The Hall–Kier alpha value is -3.73. The number of ether oxygens (including phenoxy) is 2. The van der Waals surface area contributed by atoms with Crippen LogP contribution in [0.15, 0.2) is 66.7 Å². The molecule has 0 amide bonds. The average Bonchev–Trinajstić information content (AvgIpc) is 2.81. The normalized spacial score (nSPS) is 11.6. The molecule has 3 rings (SSSR count). The van der Waals surface area contributed by atoms with Crippen LogP contribution in [0.5, 0.6) is 5.75 Å². The Morgan fingerprint density at radius 3 is 1.64 bits per heavy atom. The molecule has 36 heavy (non-hydrogen) atoms. The van der Waals surface area contributed by atoms with Crippen molar-refractivity contribution in [3.63, 3.8) is 0 Å². The van der Waals surface area contributed by atoms with E-state index in [1.807, 2.05) is 31.2 Å². The van der Waals surface area contributed by atoms with Crippen molar-refractivity contribution < 1.29 is 23.9 Å². The minimum absolute atomic E-state index is 0.142. The largest absolute Gasteiger partial charge is 0.454 e. The van der Waals surface area contributed by atoms with Crippen molar-refractivity contribution in [2.24, 2.45) is 0 Å². The zero-order valence-electron chi connectivity index (χ0n) is 22.1. The van der Waals surface area contributed by atoms with Crippen LogP contribution < -0.4 is 4.74 Å². The second-order valence-electron chi connectivity index (χ2n) is 11.1. The van der Waals surface area contributed by atoms with Gasteiger partial charge in [-0.2, -0.15) is 0 Å². The monoisotopic (exact) mass is 486 g/mol. The summed E-state index contributed by atoms with van der Waals surface area (Å²) in [4.78, 5) is 37.8. The summed E-state index contributed by atoms with van der Waals surface area (Å²) in [6, 6.07) is 19.0. The molecule has 0 heterocycles. The van der Waals surface area contributed by atoms with Crippen LogP contribution in [0.3, 0.4) is 0 Å². The molecule has 0 aromatic heterocycles. The van der Waals surface area contributed by atoms with Crippen LogP contribution in [0.2, 0.25) is 0 Å². The maximum absolute atomic E-state index is 12.8. The standard InChI is InChI=1S/C31H34O5/c1-20-8-10-22(11-9-20)29(34)36-26-14-12-21(13-15-26)27(32)19-35-28(33)23-16-24(30(2,3)4)18-25(17-23)31(5,6)7/h8-18H,19H2,1-7H3. The van der Waals surface area contributed by atoms with E-state index in [1.165, 1.54) is 0 Å². The van der Waals surface area contributed by atoms with Crippen molar-refractivity contribution in [1.29, 1.82) is 0 Å². The van der Waals surface area contributed by atoms with E-state index in [2.05, 4.69) is 47.6 Å². The summed E-state index contributed by atoms with van der Waals surface area (Å²) in [5.74, 6) is -1.04. The summed E-state index contributed by atoms with van der Waals surface area (Å²) >= 11 is 0. The third-order valence-corrected chi connectivity index (χ3v) is 5.91. The van der Waals surface area contributed by atoms with E-state index in [1.54, 1.807) is 36.4 Å². The molecule has 3 aromatic rings. The number of hydrogen-bond donors (Lipinski definition) is 0. The molecule has 0 fully saturated rings. The van der Waals surface area contributed by atoms with Crippen LogP contribution in [0.25, 0.3) is 0 Å². The highest BCUT2D eigenvalue weighted by Crippen LogP contribution is 2.30. The maximum atomic E-state index is 12.8. The molecule has 0 aliphatic carbocycles. The Labute approximate surface area is 213 Å². The van der Waals surface area contributed by atoms with Gasteiger partial charge in [-0.15, -0.1) is 0 Å². The predicted molar refractivity (Wildman–Crippen MR) is 141 cm³/mol. The first-order chi connectivity index (χ1) is 16.7. The van der Waals surface area contributed by atoms with Gasteiger partial charge in [0.2, 0.25) is 0 Å². The molecule has 5 heteroatoms. The fraction of sp³-hybridized carbons (Fsp3) is 0.323. The Morgan fingerprint density at radius 2 is 1.14 bits per heavy atom. The number of carbonyl (C=O) groups is 3. The van der Waals surface area contributed by atoms with E-state index in [-0.39, 0.29) is 23.2 Å². The first-order valence-electron chi connectivity index (χ1n) is 12.0. The molecule has 188 valence electrons. The van der Waals surface area contributed by atoms with Crippen LogP contribution in [-0.4, -0.2) is 24.3 Å². The number of esters is 2. The van der Waals surface area contributed by atoms with Gasteiger partial charge in [0.05, 0.1) is 11.1 Å². The van der Waals surface area contributed by atoms with Crippen LogP contribution in [0.1, 0.15) is 89.3 Å². The molecule has 0 aliphatic heterocycles. The summed E-state index contributed by atoms with van der Waals surface area (Å²) < 4.78 is 10.7. The molecule has 0 aliphatic rings. The van der Waals surface area contributed by atoms with E-state index in [9.17, 15) is 14.4 Å². The van der Waals surface area contributed by atoms with E-state index in [0.29, 0.717) is 22.4 Å². The fourth-order valence-electron chi connectivity index (χ4n) is 3.47.